The van der Waals surface area contributed by atoms with Gasteiger partial charge in [-0.2, -0.15) is 5.10 Å². The zero-order valence-electron chi connectivity index (χ0n) is 10.2. The van der Waals surface area contributed by atoms with Crippen LogP contribution in [0.25, 0.3) is 0 Å². The molecule has 0 radical (unpaired) electrons. The number of benzene rings is 1. The largest absolute Gasteiger partial charge is 0.381 e. The Morgan fingerprint density at radius 3 is 2.79 bits per heavy atom. The molecule has 0 saturated heterocycles. The number of nitrogen functional groups attached to an aromatic ring is 1. The molecule has 2 aromatic rings. The summed E-state index contributed by atoms with van der Waals surface area (Å²) in [6, 6.07) is 6.53. The molecule has 0 fully saturated rings. The van der Waals surface area contributed by atoms with Gasteiger partial charge in [-0.1, -0.05) is 12.0 Å². The number of aryl methyl sites for hydroxylation is 1. The van der Waals surface area contributed by atoms with Crippen molar-refractivity contribution in [3.05, 3.63) is 36.0 Å². The minimum Gasteiger partial charge on any atom is -0.381 e. The second-order valence-electron chi connectivity index (χ2n) is 3.88. The van der Waals surface area contributed by atoms with Crippen molar-refractivity contribution in [2.45, 2.75) is 4.90 Å². The number of nitrogens with two attached hydrogens (primary N) is 1. The third kappa shape index (κ3) is 2.69. The smallest absolute Gasteiger partial charge is 0.267 e. The van der Waals surface area contributed by atoms with Crippen LogP contribution < -0.4 is 10.5 Å². The molecule has 1 heterocycles. The maximum absolute atomic E-state index is 12.1. The summed E-state index contributed by atoms with van der Waals surface area (Å²) in [5, 5.41) is 3.80. The average molecular weight is 276 g/mol. The highest BCUT2D eigenvalue weighted by Crippen LogP contribution is 2.20. The predicted octanol–water partition coefficient (Wildman–Crippen LogP) is 0.784. The molecule has 0 unspecified atom stereocenters. The van der Waals surface area contributed by atoms with Crippen molar-refractivity contribution in [1.29, 1.82) is 0 Å². The first-order valence-electron chi connectivity index (χ1n) is 5.31. The number of sulfonamides is 1. The molecule has 1 aromatic heterocycles. The summed E-state index contributed by atoms with van der Waals surface area (Å²) in [6.07, 6.45) is 6.60. The third-order valence-corrected chi connectivity index (χ3v) is 3.79. The number of anilines is 2. The fraction of sp³-hybridized carbons (Fsp3) is 0.0833. The first-order chi connectivity index (χ1) is 8.92. The summed E-state index contributed by atoms with van der Waals surface area (Å²) in [6.45, 7) is 0. The third-order valence-electron chi connectivity index (χ3n) is 2.39. The number of terminal acetylenes is 1. The fourth-order valence-corrected chi connectivity index (χ4v) is 2.73. The van der Waals surface area contributed by atoms with E-state index in [1.807, 2.05) is 0 Å². The van der Waals surface area contributed by atoms with Gasteiger partial charge in [-0.05, 0) is 18.2 Å². The highest BCUT2D eigenvalue weighted by Gasteiger charge is 2.20. The van der Waals surface area contributed by atoms with E-state index in [0.717, 1.165) is 0 Å². The van der Waals surface area contributed by atoms with E-state index in [9.17, 15) is 8.42 Å². The Morgan fingerprint density at radius 1 is 1.47 bits per heavy atom. The maximum Gasteiger partial charge on any atom is 0.267 e. The second-order valence-corrected chi connectivity index (χ2v) is 5.53. The van der Waals surface area contributed by atoms with E-state index in [1.165, 1.54) is 10.9 Å². The van der Waals surface area contributed by atoms with Gasteiger partial charge in [0.15, 0.2) is 5.82 Å². The molecule has 0 spiro atoms. The SMILES string of the molecule is C#Cc1cccc(NS(=O)(=O)c2cn(C)nc2N)c1. The molecule has 6 nitrogen and oxygen atoms in total. The minimum absolute atomic E-state index is 0.0527. The van der Waals surface area contributed by atoms with Crippen molar-refractivity contribution in [3.63, 3.8) is 0 Å². The lowest BCUT2D eigenvalue weighted by molar-refractivity contribution is 0.601. The standard InChI is InChI=1S/C12H12N4O2S/c1-3-9-5-4-6-10(7-9)15-19(17,18)11-8-16(2)14-12(11)13/h1,4-8,15H,2H3,(H2,13,14). The van der Waals surface area contributed by atoms with Gasteiger partial charge in [0.05, 0.1) is 5.69 Å². The quantitative estimate of drug-likeness (QED) is 0.811. The first-order valence-corrected chi connectivity index (χ1v) is 6.79. The van der Waals surface area contributed by atoms with E-state index in [4.69, 9.17) is 12.2 Å². The minimum atomic E-state index is -3.78. The summed E-state index contributed by atoms with van der Waals surface area (Å²) in [5.74, 6) is 2.38. The number of nitrogens with zero attached hydrogens (tertiary/aromatic N) is 2. The van der Waals surface area contributed by atoms with E-state index in [0.29, 0.717) is 11.3 Å². The normalized spacial score (nSPS) is 10.9. The molecule has 0 bridgehead atoms. The van der Waals surface area contributed by atoms with E-state index in [1.54, 1.807) is 31.3 Å². The van der Waals surface area contributed by atoms with Crippen LogP contribution in [0.1, 0.15) is 5.56 Å². The number of rotatable bonds is 3. The fourth-order valence-electron chi connectivity index (χ4n) is 1.57. The van der Waals surface area contributed by atoms with Gasteiger partial charge < -0.3 is 5.73 Å². The Balaban J connectivity index is 2.37. The number of hydrogen-bond acceptors (Lipinski definition) is 4. The van der Waals surface area contributed by atoms with E-state index in [2.05, 4.69) is 15.7 Å². The second kappa shape index (κ2) is 4.66. The molecule has 19 heavy (non-hydrogen) atoms. The molecular formula is C12H12N4O2S. The summed E-state index contributed by atoms with van der Waals surface area (Å²) in [5.41, 5.74) is 6.51. The van der Waals surface area contributed by atoms with Crippen LogP contribution in [-0.2, 0) is 17.1 Å². The molecular weight excluding hydrogens is 264 g/mol. The van der Waals surface area contributed by atoms with Crippen LogP contribution in [0.15, 0.2) is 35.4 Å². The van der Waals surface area contributed by atoms with Gasteiger partial charge >= 0.3 is 0 Å². The van der Waals surface area contributed by atoms with Crippen molar-refractivity contribution in [2.75, 3.05) is 10.5 Å². The average Bonchev–Trinajstić information content (AvgIpc) is 2.69. The Kier molecular flexibility index (Phi) is 3.19. The predicted molar refractivity (Wildman–Crippen MR) is 72.8 cm³/mol. The van der Waals surface area contributed by atoms with E-state index in [-0.39, 0.29) is 10.7 Å². The molecule has 98 valence electrons. The molecule has 0 atom stereocenters. The van der Waals surface area contributed by atoms with Crippen LogP contribution in [-0.4, -0.2) is 18.2 Å². The van der Waals surface area contributed by atoms with Crippen molar-refractivity contribution in [3.8, 4) is 12.3 Å². The highest BCUT2D eigenvalue weighted by atomic mass is 32.2. The Bertz CT molecular complexity index is 756. The van der Waals surface area contributed by atoms with Crippen molar-refractivity contribution >= 4 is 21.5 Å². The van der Waals surface area contributed by atoms with Crippen molar-refractivity contribution in [2.24, 2.45) is 7.05 Å². The molecule has 0 aliphatic heterocycles. The van der Waals surface area contributed by atoms with Gasteiger partial charge in [0, 0.05) is 18.8 Å². The van der Waals surface area contributed by atoms with Gasteiger partial charge in [0.1, 0.15) is 4.90 Å². The van der Waals surface area contributed by atoms with Crippen molar-refractivity contribution in [1.82, 2.24) is 9.78 Å². The number of aromatic nitrogens is 2. The zero-order chi connectivity index (χ0) is 14.0. The van der Waals surface area contributed by atoms with Crippen LogP contribution in [0.2, 0.25) is 0 Å². The molecule has 2 rings (SSSR count). The first kappa shape index (κ1) is 13.0. The number of hydrogen-bond donors (Lipinski definition) is 2. The van der Waals surface area contributed by atoms with Crippen molar-refractivity contribution < 1.29 is 8.42 Å². The van der Waals surface area contributed by atoms with Gasteiger partial charge in [-0.15, -0.1) is 6.42 Å². The summed E-state index contributed by atoms with van der Waals surface area (Å²) < 4.78 is 28.0. The van der Waals surface area contributed by atoms with Crippen LogP contribution in [0.5, 0.6) is 0 Å². The summed E-state index contributed by atoms with van der Waals surface area (Å²) >= 11 is 0. The number of nitrogens with one attached hydrogen (secondary N) is 1. The zero-order valence-corrected chi connectivity index (χ0v) is 11.0. The molecule has 0 saturated carbocycles. The molecule has 3 N–H and O–H groups in total. The highest BCUT2D eigenvalue weighted by molar-refractivity contribution is 7.92. The van der Waals surface area contributed by atoms with Crippen LogP contribution >= 0.6 is 0 Å². The lowest BCUT2D eigenvalue weighted by atomic mass is 10.2. The Labute approximate surface area is 111 Å². The van der Waals surface area contributed by atoms with Crippen LogP contribution in [0, 0.1) is 12.3 Å². The monoisotopic (exact) mass is 276 g/mol. The Morgan fingerprint density at radius 2 is 2.21 bits per heavy atom. The molecule has 0 amide bonds. The topological polar surface area (TPSA) is 90.0 Å². The Hall–Kier alpha value is -2.46. The van der Waals surface area contributed by atoms with Gasteiger partial charge in [-0.25, -0.2) is 8.42 Å². The summed E-state index contributed by atoms with van der Waals surface area (Å²) in [7, 11) is -2.18. The summed E-state index contributed by atoms with van der Waals surface area (Å²) in [4.78, 5) is -0.0684. The van der Waals surface area contributed by atoms with Gasteiger partial charge in [0.2, 0.25) is 0 Å². The van der Waals surface area contributed by atoms with Gasteiger partial charge in [0.25, 0.3) is 10.0 Å². The van der Waals surface area contributed by atoms with Crippen LogP contribution in [0.4, 0.5) is 11.5 Å². The van der Waals surface area contributed by atoms with E-state index < -0.39 is 10.0 Å². The lowest BCUT2D eigenvalue weighted by Crippen LogP contribution is -2.13. The molecule has 1 aromatic carbocycles. The maximum atomic E-state index is 12.1. The van der Waals surface area contributed by atoms with Crippen LogP contribution in [0.3, 0.4) is 0 Å². The lowest BCUT2D eigenvalue weighted by Gasteiger charge is -2.07. The van der Waals surface area contributed by atoms with E-state index >= 15 is 0 Å². The molecule has 7 heteroatoms. The van der Waals surface area contributed by atoms with Gasteiger partial charge in [-0.3, -0.25) is 9.40 Å². The molecule has 0 aliphatic carbocycles. The molecule has 0 aliphatic rings.